The molecular formula is C14H20N2OS. The fraction of sp³-hybridized carbons (Fsp3) is 0.357. The molecule has 18 heavy (non-hydrogen) atoms. The van der Waals surface area contributed by atoms with E-state index < -0.39 is 0 Å². The van der Waals surface area contributed by atoms with Crippen LogP contribution in [0.2, 0.25) is 0 Å². The van der Waals surface area contributed by atoms with Gasteiger partial charge in [0.1, 0.15) is 0 Å². The molecule has 98 valence electrons. The van der Waals surface area contributed by atoms with Crippen molar-refractivity contribution in [2.45, 2.75) is 13.5 Å². The number of nitrogens with one attached hydrogen (secondary N) is 2. The fourth-order valence-corrected chi connectivity index (χ4v) is 2.14. The largest absolute Gasteiger partial charge is 0.326 e. The Morgan fingerprint density at radius 1 is 1.44 bits per heavy atom. The molecule has 1 amide bonds. The molecule has 1 rings (SSSR count). The predicted molar refractivity (Wildman–Crippen MR) is 80.0 cm³/mol. The normalized spacial score (nSPS) is 10.1. The Morgan fingerprint density at radius 2 is 2.22 bits per heavy atom. The van der Waals surface area contributed by atoms with Gasteiger partial charge in [-0.1, -0.05) is 24.3 Å². The van der Waals surface area contributed by atoms with Gasteiger partial charge in [0, 0.05) is 37.2 Å². The van der Waals surface area contributed by atoms with Crippen LogP contribution >= 0.6 is 11.8 Å². The lowest BCUT2D eigenvalue weighted by atomic mass is 10.1. The number of anilines is 1. The molecule has 0 saturated carbocycles. The number of carbonyl (C=O) groups is 1. The van der Waals surface area contributed by atoms with Crippen LogP contribution in [0.4, 0.5) is 5.69 Å². The molecule has 1 aromatic rings. The zero-order valence-corrected chi connectivity index (χ0v) is 11.6. The van der Waals surface area contributed by atoms with Crippen molar-refractivity contribution in [1.82, 2.24) is 5.32 Å². The summed E-state index contributed by atoms with van der Waals surface area (Å²) in [6, 6.07) is 7.85. The number of rotatable bonds is 8. The molecule has 0 bridgehead atoms. The standard InChI is InChI=1S/C14H20N2OS/c1-3-9-18-10-8-15-11-13-6-4-5-7-14(13)16-12(2)17/h3-7,15H,1,8-11H2,2H3,(H,16,17). The molecule has 0 spiro atoms. The van der Waals surface area contributed by atoms with Gasteiger partial charge in [0.05, 0.1) is 0 Å². The van der Waals surface area contributed by atoms with E-state index in [2.05, 4.69) is 17.2 Å². The quantitative estimate of drug-likeness (QED) is 0.560. The van der Waals surface area contributed by atoms with Crippen molar-refractivity contribution in [2.75, 3.05) is 23.4 Å². The summed E-state index contributed by atoms with van der Waals surface area (Å²) in [5.41, 5.74) is 2.00. The molecule has 4 heteroatoms. The number of para-hydroxylation sites is 1. The minimum absolute atomic E-state index is 0.0380. The molecule has 0 aliphatic heterocycles. The van der Waals surface area contributed by atoms with Crippen LogP contribution in [0, 0.1) is 0 Å². The van der Waals surface area contributed by atoms with Crippen LogP contribution in [0.3, 0.4) is 0 Å². The molecule has 0 atom stereocenters. The SMILES string of the molecule is C=CCSCCNCc1ccccc1NC(C)=O. The van der Waals surface area contributed by atoms with E-state index in [9.17, 15) is 4.79 Å². The van der Waals surface area contributed by atoms with Gasteiger partial charge >= 0.3 is 0 Å². The molecule has 0 unspecified atom stereocenters. The number of hydrogen-bond acceptors (Lipinski definition) is 3. The number of amides is 1. The van der Waals surface area contributed by atoms with Crippen LogP contribution in [-0.4, -0.2) is 24.0 Å². The first-order valence-corrected chi connectivity index (χ1v) is 7.14. The Kier molecular flexibility index (Phi) is 7.22. The minimum atomic E-state index is -0.0380. The Balaban J connectivity index is 2.36. The average molecular weight is 264 g/mol. The number of hydrogen-bond donors (Lipinski definition) is 2. The summed E-state index contributed by atoms with van der Waals surface area (Å²) in [6.45, 7) is 6.93. The van der Waals surface area contributed by atoms with Crippen molar-refractivity contribution in [3.8, 4) is 0 Å². The highest BCUT2D eigenvalue weighted by atomic mass is 32.2. The molecule has 3 nitrogen and oxygen atoms in total. The zero-order valence-electron chi connectivity index (χ0n) is 10.7. The lowest BCUT2D eigenvalue weighted by Crippen LogP contribution is -2.18. The summed E-state index contributed by atoms with van der Waals surface area (Å²) >= 11 is 1.85. The molecule has 0 aromatic heterocycles. The van der Waals surface area contributed by atoms with Crippen LogP contribution in [-0.2, 0) is 11.3 Å². The van der Waals surface area contributed by atoms with Crippen LogP contribution in [0.25, 0.3) is 0 Å². The Hall–Kier alpha value is -1.26. The summed E-state index contributed by atoms with van der Waals surface area (Å²) in [6.07, 6.45) is 1.91. The molecule has 0 aliphatic rings. The third-order valence-electron chi connectivity index (χ3n) is 2.30. The highest BCUT2D eigenvalue weighted by Gasteiger charge is 2.02. The Bertz CT molecular complexity index is 393. The van der Waals surface area contributed by atoms with Gasteiger partial charge in [-0.05, 0) is 11.6 Å². The number of benzene rings is 1. The molecule has 0 saturated heterocycles. The monoisotopic (exact) mass is 264 g/mol. The second kappa shape index (κ2) is 8.78. The highest BCUT2D eigenvalue weighted by molar-refractivity contribution is 7.99. The van der Waals surface area contributed by atoms with Crippen LogP contribution in [0.15, 0.2) is 36.9 Å². The van der Waals surface area contributed by atoms with E-state index in [1.165, 1.54) is 6.92 Å². The van der Waals surface area contributed by atoms with Gasteiger partial charge in [-0.15, -0.1) is 6.58 Å². The molecule has 0 aliphatic carbocycles. The van der Waals surface area contributed by atoms with E-state index in [1.807, 2.05) is 42.1 Å². The van der Waals surface area contributed by atoms with Gasteiger partial charge in [0.25, 0.3) is 0 Å². The topological polar surface area (TPSA) is 41.1 Å². The van der Waals surface area contributed by atoms with E-state index >= 15 is 0 Å². The molecule has 0 heterocycles. The van der Waals surface area contributed by atoms with Crippen molar-refractivity contribution in [1.29, 1.82) is 0 Å². The van der Waals surface area contributed by atoms with Gasteiger partial charge < -0.3 is 10.6 Å². The summed E-state index contributed by atoms with van der Waals surface area (Å²) < 4.78 is 0. The van der Waals surface area contributed by atoms with Crippen molar-refractivity contribution >= 4 is 23.4 Å². The van der Waals surface area contributed by atoms with Crippen molar-refractivity contribution in [3.63, 3.8) is 0 Å². The predicted octanol–water partition coefficient (Wildman–Crippen LogP) is 2.65. The maximum atomic E-state index is 11.1. The molecule has 0 fully saturated rings. The smallest absolute Gasteiger partial charge is 0.221 e. The summed E-state index contributed by atoms with van der Waals surface area (Å²) in [4.78, 5) is 11.1. The number of carbonyl (C=O) groups excluding carboxylic acids is 1. The van der Waals surface area contributed by atoms with E-state index in [-0.39, 0.29) is 5.91 Å². The van der Waals surface area contributed by atoms with Crippen molar-refractivity contribution in [2.24, 2.45) is 0 Å². The van der Waals surface area contributed by atoms with Gasteiger partial charge in [0.2, 0.25) is 5.91 Å². The average Bonchev–Trinajstić information content (AvgIpc) is 2.35. The maximum Gasteiger partial charge on any atom is 0.221 e. The molecule has 1 aromatic carbocycles. The summed E-state index contributed by atoms with van der Waals surface area (Å²) in [5, 5.41) is 6.20. The third-order valence-corrected chi connectivity index (χ3v) is 3.27. The first-order chi connectivity index (χ1) is 8.74. The summed E-state index contributed by atoms with van der Waals surface area (Å²) in [7, 11) is 0. The van der Waals surface area contributed by atoms with E-state index in [4.69, 9.17) is 0 Å². The molecular weight excluding hydrogens is 244 g/mol. The van der Waals surface area contributed by atoms with E-state index in [1.54, 1.807) is 0 Å². The number of thioether (sulfide) groups is 1. The van der Waals surface area contributed by atoms with Gasteiger partial charge in [-0.25, -0.2) is 0 Å². The van der Waals surface area contributed by atoms with Gasteiger partial charge in [-0.2, -0.15) is 11.8 Å². The second-order valence-electron chi connectivity index (χ2n) is 3.88. The minimum Gasteiger partial charge on any atom is -0.326 e. The zero-order chi connectivity index (χ0) is 13.2. The van der Waals surface area contributed by atoms with Gasteiger partial charge in [-0.3, -0.25) is 4.79 Å². The first-order valence-electron chi connectivity index (χ1n) is 5.99. The van der Waals surface area contributed by atoms with Crippen LogP contribution in [0.5, 0.6) is 0 Å². The lowest BCUT2D eigenvalue weighted by molar-refractivity contribution is -0.114. The van der Waals surface area contributed by atoms with Crippen LogP contribution < -0.4 is 10.6 Å². The maximum absolute atomic E-state index is 11.1. The van der Waals surface area contributed by atoms with E-state index in [0.717, 1.165) is 35.8 Å². The molecule has 2 N–H and O–H groups in total. The van der Waals surface area contributed by atoms with Crippen LogP contribution in [0.1, 0.15) is 12.5 Å². The van der Waals surface area contributed by atoms with E-state index in [0.29, 0.717) is 0 Å². The van der Waals surface area contributed by atoms with Crippen molar-refractivity contribution in [3.05, 3.63) is 42.5 Å². The van der Waals surface area contributed by atoms with Gasteiger partial charge in [0.15, 0.2) is 0 Å². The Labute approximate surface area is 113 Å². The summed E-state index contributed by atoms with van der Waals surface area (Å²) in [5.74, 6) is 2.02. The molecule has 0 radical (unpaired) electrons. The lowest BCUT2D eigenvalue weighted by Gasteiger charge is -2.10. The fourth-order valence-electron chi connectivity index (χ4n) is 1.52. The Morgan fingerprint density at radius 3 is 2.94 bits per heavy atom. The second-order valence-corrected chi connectivity index (χ2v) is 5.03. The van der Waals surface area contributed by atoms with Crippen molar-refractivity contribution < 1.29 is 4.79 Å². The highest BCUT2D eigenvalue weighted by Crippen LogP contribution is 2.14. The third kappa shape index (κ3) is 5.89. The first kappa shape index (κ1) is 14.8.